The molecule has 2 aliphatic rings. The molecule has 1 aliphatic carbocycles. The average Bonchev–Trinajstić information content (AvgIpc) is 2.49. The summed E-state index contributed by atoms with van der Waals surface area (Å²) >= 11 is 1.93. The molecule has 5 nitrogen and oxygen atoms in total. The third-order valence-corrected chi connectivity index (χ3v) is 5.78. The van der Waals surface area contributed by atoms with E-state index in [1.165, 1.54) is 19.3 Å². The van der Waals surface area contributed by atoms with Gasteiger partial charge in [0.05, 0.1) is 5.92 Å². The number of hydrogen-bond donors (Lipinski definition) is 2. The molecule has 2 fully saturated rings. The van der Waals surface area contributed by atoms with E-state index in [1.807, 2.05) is 11.8 Å². The van der Waals surface area contributed by atoms with Gasteiger partial charge in [-0.05, 0) is 31.4 Å². The van der Waals surface area contributed by atoms with Gasteiger partial charge in [-0.3, -0.25) is 4.79 Å². The highest BCUT2D eigenvalue weighted by Gasteiger charge is 2.31. The number of carbonyl (C=O) groups excluding carboxylic acids is 1. The van der Waals surface area contributed by atoms with Crippen LogP contribution in [0.25, 0.3) is 0 Å². The number of likely N-dealkylation sites (tertiary alicyclic amines) is 1. The van der Waals surface area contributed by atoms with E-state index in [9.17, 15) is 9.59 Å². The summed E-state index contributed by atoms with van der Waals surface area (Å²) in [4.78, 5) is 25.2. The van der Waals surface area contributed by atoms with Crippen molar-refractivity contribution in [3.8, 4) is 0 Å². The van der Waals surface area contributed by atoms with Gasteiger partial charge in [-0.1, -0.05) is 19.8 Å². The SMILES string of the molecule is CCSC1CCCCC1NC(=O)N1CCCC(C(=O)O)C1. The van der Waals surface area contributed by atoms with Crippen molar-refractivity contribution in [1.82, 2.24) is 10.2 Å². The largest absolute Gasteiger partial charge is 0.481 e. The molecule has 0 radical (unpaired) electrons. The fourth-order valence-electron chi connectivity index (χ4n) is 3.29. The van der Waals surface area contributed by atoms with Crippen molar-refractivity contribution < 1.29 is 14.7 Å². The molecule has 2 N–H and O–H groups in total. The summed E-state index contributed by atoms with van der Waals surface area (Å²) in [5.74, 6) is -0.122. The Morgan fingerprint density at radius 1 is 1.24 bits per heavy atom. The maximum Gasteiger partial charge on any atom is 0.317 e. The van der Waals surface area contributed by atoms with Crippen molar-refractivity contribution in [3.63, 3.8) is 0 Å². The summed E-state index contributed by atoms with van der Waals surface area (Å²) in [7, 11) is 0. The zero-order valence-corrected chi connectivity index (χ0v) is 13.5. The number of nitrogens with zero attached hydrogens (tertiary/aromatic N) is 1. The number of thioether (sulfide) groups is 1. The molecule has 1 heterocycles. The zero-order valence-electron chi connectivity index (χ0n) is 12.7. The van der Waals surface area contributed by atoms with E-state index in [4.69, 9.17) is 5.11 Å². The van der Waals surface area contributed by atoms with Gasteiger partial charge in [0, 0.05) is 24.4 Å². The van der Waals surface area contributed by atoms with Gasteiger partial charge in [-0.2, -0.15) is 11.8 Å². The second-order valence-corrected chi connectivity index (χ2v) is 7.47. The van der Waals surface area contributed by atoms with E-state index >= 15 is 0 Å². The van der Waals surface area contributed by atoms with Gasteiger partial charge in [0.25, 0.3) is 0 Å². The Bertz CT molecular complexity index is 376. The van der Waals surface area contributed by atoms with Crippen LogP contribution in [0.2, 0.25) is 0 Å². The van der Waals surface area contributed by atoms with Gasteiger partial charge in [0.2, 0.25) is 0 Å². The van der Waals surface area contributed by atoms with Gasteiger partial charge < -0.3 is 15.3 Å². The second-order valence-electron chi connectivity index (χ2n) is 5.96. The highest BCUT2D eigenvalue weighted by Crippen LogP contribution is 2.29. The number of hydrogen-bond acceptors (Lipinski definition) is 3. The molecule has 0 aromatic heterocycles. The fraction of sp³-hybridized carbons (Fsp3) is 0.867. The molecular weight excluding hydrogens is 288 g/mol. The Hall–Kier alpha value is -0.910. The number of carboxylic acid groups (broad SMARTS) is 1. The Morgan fingerprint density at radius 3 is 2.71 bits per heavy atom. The minimum atomic E-state index is -0.787. The smallest absolute Gasteiger partial charge is 0.317 e. The molecule has 1 saturated heterocycles. The van der Waals surface area contributed by atoms with Crippen molar-refractivity contribution in [1.29, 1.82) is 0 Å². The van der Waals surface area contributed by atoms with Crippen molar-refractivity contribution in [3.05, 3.63) is 0 Å². The molecule has 120 valence electrons. The summed E-state index contributed by atoms with van der Waals surface area (Å²) < 4.78 is 0. The first-order chi connectivity index (χ1) is 10.1. The number of piperidine rings is 1. The van der Waals surface area contributed by atoms with Gasteiger partial charge in [-0.15, -0.1) is 0 Å². The van der Waals surface area contributed by atoms with Crippen molar-refractivity contribution >= 4 is 23.8 Å². The predicted octanol–water partition coefficient (Wildman–Crippen LogP) is 2.56. The molecule has 1 aliphatic heterocycles. The molecule has 1 saturated carbocycles. The standard InChI is InChI=1S/C15H26N2O3S/c1-2-21-13-8-4-3-7-12(13)16-15(20)17-9-5-6-11(10-17)14(18)19/h11-13H,2-10H2,1H3,(H,16,20)(H,18,19). The summed E-state index contributed by atoms with van der Waals surface area (Å²) in [5.41, 5.74) is 0. The second kappa shape index (κ2) is 7.92. The van der Waals surface area contributed by atoms with Crippen molar-refractivity contribution in [2.45, 2.75) is 56.7 Å². The molecular formula is C15H26N2O3S. The van der Waals surface area contributed by atoms with E-state index in [1.54, 1.807) is 4.90 Å². The third kappa shape index (κ3) is 4.53. The molecule has 2 amide bonds. The molecule has 6 heteroatoms. The average molecular weight is 314 g/mol. The van der Waals surface area contributed by atoms with Gasteiger partial charge in [0.1, 0.15) is 0 Å². The maximum atomic E-state index is 12.4. The number of aliphatic carboxylic acids is 1. The molecule has 3 atom stereocenters. The van der Waals surface area contributed by atoms with Crippen LogP contribution < -0.4 is 5.32 Å². The van der Waals surface area contributed by atoms with Crippen LogP contribution in [-0.4, -0.2) is 52.1 Å². The summed E-state index contributed by atoms with van der Waals surface area (Å²) in [6.07, 6.45) is 6.08. The lowest BCUT2D eigenvalue weighted by molar-refractivity contribution is -0.143. The maximum absolute atomic E-state index is 12.4. The van der Waals surface area contributed by atoms with E-state index in [0.29, 0.717) is 24.8 Å². The third-order valence-electron chi connectivity index (χ3n) is 4.45. The number of urea groups is 1. The summed E-state index contributed by atoms with van der Waals surface area (Å²) in [6.45, 7) is 3.17. The van der Waals surface area contributed by atoms with E-state index in [-0.39, 0.29) is 12.1 Å². The molecule has 0 aromatic rings. The monoisotopic (exact) mass is 314 g/mol. The lowest BCUT2D eigenvalue weighted by Gasteiger charge is -2.36. The summed E-state index contributed by atoms with van der Waals surface area (Å²) in [6, 6.07) is 0.163. The fourth-order valence-corrected chi connectivity index (χ4v) is 4.49. The minimum Gasteiger partial charge on any atom is -0.481 e. The number of amides is 2. The number of carbonyl (C=O) groups is 2. The van der Waals surface area contributed by atoms with Gasteiger partial charge in [-0.25, -0.2) is 4.79 Å². The normalized spacial score (nSPS) is 30.0. The predicted molar refractivity (Wildman–Crippen MR) is 84.6 cm³/mol. The van der Waals surface area contributed by atoms with Crippen LogP contribution in [0.5, 0.6) is 0 Å². The zero-order chi connectivity index (χ0) is 15.2. The van der Waals surface area contributed by atoms with Crippen molar-refractivity contribution in [2.75, 3.05) is 18.8 Å². The lowest BCUT2D eigenvalue weighted by Crippen LogP contribution is -2.52. The van der Waals surface area contributed by atoms with E-state index in [2.05, 4.69) is 12.2 Å². The number of rotatable bonds is 4. The Labute approximate surface area is 130 Å². The summed E-state index contributed by atoms with van der Waals surface area (Å²) in [5, 5.41) is 12.8. The minimum absolute atomic E-state index is 0.0745. The van der Waals surface area contributed by atoms with Crippen LogP contribution in [0, 0.1) is 5.92 Å². The molecule has 0 spiro atoms. The first-order valence-corrected chi connectivity index (χ1v) is 9.06. The van der Waals surface area contributed by atoms with Gasteiger partial charge in [0.15, 0.2) is 0 Å². The van der Waals surface area contributed by atoms with Crippen molar-refractivity contribution in [2.24, 2.45) is 5.92 Å². The molecule has 21 heavy (non-hydrogen) atoms. The number of nitrogens with one attached hydrogen (secondary N) is 1. The molecule has 2 rings (SSSR count). The first kappa shape index (κ1) is 16.5. The van der Waals surface area contributed by atoms with Crippen LogP contribution >= 0.6 is 11.8 Å². The van der Waals surface area contributed by atoms with Crippen LogP contribution in [-0.2, 0) is 4.79 Å². The number of carboxylic acids is 1. The van der Waals surface area contributed by atoms with Crippen LogP contribution in [0.4, 0.5) is 4.79 Å². The quantitative estimate of drug-likeness (QED) is 0.837. The van der Waals surface area contributed by atoms with E-state index in [0.717, 1.165) is 18.6 Å². The molecule has 3 unspecified atom stereocenters. The van der Waals surface area contributed by atoms with Crippen LogP contribution in [0.1, 0.15) is 45.4 Å². The first-order valence-electron chi connectivity index (χ1n) is 8.01. The van der Waals surface area contributed by atoms with Crippen LogP contribution in [0.3, 0.4) is 0 Å². The van der Waals surface area contributed by atoms with Gasteiger partial charge >= 0.3 is 12.0 Å². The Kier molecular flexibility index (Phi) is 6.21. The Balaban J connectivity index is 1.88. The highest BCUT2D eigenvalue weighted by atomic mass is 32.2. The molecule has 0 aromatic carbocycles. The molecule has 0 bridgehead atoms. The Morgan fingerprint density at radius 2 is 2.00 bits per heavy atom. The highest BCUT2D eigenvalue weighted by molar-refractivity contribution is 7.99. The lowest BCUT2D eigenvalue weighted by atomic mass is 9.94. The van der Waals surface area contributed by atoms with Crippen LogP contribution in [0.15, 0.2) is 0 Å². The topological polar surface area (TPSA) is 69.6 Å². The van der Waals surface area contributed by atoms with E-state index < -0.39 is 11.9 Å².